The van der Waals surface area contributed by atoms with Crippen molar-refractivity contribution in [3.05, 3.63) is 87.3 Å². The van der Waals surface area contributed by atoms with Gasteiger partial charge >= 0.3 is 0 Å². The monoisotopic (exact) mass is 352 g/mol. The highest BCUT2D eigenvalue weighted by molar-refractivity contribution is 6.32. The van der Waals surface area contributed by atoms with Gasteiger partial charge in [0.15, 0.2) is 0 Å². The molecule has 3 aromatic rings. The number of nitrogens with zero attached hydrogens (tertiary/aromatic N) is 3. The lowest BCUT2D eigenvalue weighted by atomic mass is 10.1. The maximum atomic E-state index is 12.4. The number of rotatable bonds is 5. The quantitative estimate of drug-likeness (QED) is 0.559. The first kappa shape index (κ1) is 16.9. The summed E-state index contributed by atoms with van der Waals surface area (Å²) in [5, 5.41) is 8.30. The van der Waals surface area contributed by atoms with Gasteiger partial charge in [0.2, 0.25) is 0 Å². The van der Waals surface area contributed by atoms with Crippen LogP contribution in [0.25, 0.3) is 5.69 Å². The van der Waals surface area contributed by atoms with Crippen molar-refractivity contribution in [2.24, 2.45) is 5.10 Å². The van der Waals surface area contributed by atoms with Crippen LogP contribution in [0.3, 0.4) is 0 Å². The highest BCUT2D eigenvalue weighted by atomic mass is 35.5. The van der Waals surface area contributed by atoms with E-state index < -0.39 is 5.56 Å². The average Bonchev–Trinajstić information content (AvgIpc) is 2.66. The van der Waals surface area contributed by atoms with E-state index in [1.54, 1.807) is 18.3 Å². The summed E-state index contributed by atoms with van der Waals surface area (Å²) in [5.41, 5.74) is 5.60. The third-order valence-electron chi connectivity index (χ3n) is 3.71. The van der Waals surface area contributed by atoms with Crippen LogP contribution in [0.1, 0.15) is 18.1 Å². The zero-order chi connectivity index (χ0) is 17.6. The van der Waals surface area contributed by atoms with Gasteiger partial charge in [0.25, 0.3) is 5.56 Å². The van der Waals surface area contributed by atoms with Gasteiger partial charge in [-0.15, -0.1) is 0 Å². The third kappa shape index (κ3) is 3.95. The lowest BCUT2D eigenvalue weighted by molar-refractivity contribution is 0.808. The lowest BCUT2D eigenvalue weighted by Gasteiger charge is -2.07. The van der Waals surface area contributed by atoms with Crippen molar-refractivity contribution >= 4 is 23.5 Å². The molecular formula is C19H17ClN4O. The zero-order valence-electron chi connectivity index (χ0n) is 13.7. The van der Waals surface area contributed by atoms with Crippen LogP contribution in [-0.2, 0) is 6.42 Å². The van der Waals surface area contributed by atoms with Gasteiger partial charge in [-0.3, -0.25) is 10.2 Å². The molecule has 0 radical (unpaired) electrons. The lowest BCUT2D eigenvalue weighted by Crippen LogP contribution is -2.22. The van der Waals surface area contributed by atoms with Crippen LogP contribution in [0.5, 0.6) is 0 Å². The molecule has 0 fully saturated rings. The summed E-state index contributed by atoms with van der Waals surface area (Å²) >= 11 is 6.16. The van der Waals surface area contributed by atoms with Crippen molar-refractivity contribution in [2.45, 2.75) is 13.3 Å². The Bertz CT molecular complexity index is 934. The van der Waals surface area contributed by atoms with E-state index in [9.17, 15) is 4.79 Å². The largest absolute Gasteiger partial charge is 0.292 e. The third-order valence-corrected chi connectivity index (χ3v) is 4.07. The fourth-order valence-electron chi connectivity index (χ4n) is 2.28. The summed E-state index contributed by atoms with van der Waals surface area (Å²) < 4.78 is 1.25. The number of nitrogens with one attached hydrogen (secondary N) is 1. The molecule has 0 spiro atoms. The van der Waals surface area contributed by atoms with Crippen molar-refractivity contribution in [3.63, 3.8) is 0 Å². The number of para-hydroxylation sites is 1. The molecule has 0 bridgehead atoms. The van der Waals surface area contributed by atoms with Gasteiger partial charge in [0, 0.05) is 0 Å². The number of aromatic nitrogens is 2. The molecule has 0 unspecified atom stereocenters. The fourth-order valence-corrected chi connectivity index (χ4v) is 2.45. The summed E-state index contributed by atoms with van der Waals surface area (Å²) in [6.45, 7) is 2.11. The van der Waals surface area contributed by atoms with E-state index in [0.717, 1.165) is 12.0 Å². The molecule has 1 aromatic heterocycles. The standard InChI is InChI=1S/C19H17ClN4O/c1-2-14-8-10-15(11-9-14)12-21-23-17-13-22-24(19(25)18(17)20)16-6-4-3-5-7-16/h3-13,23H,2H2,1H3/b21-12-. The summed E-state index contributed by atoms with van der Waals surface area (Å²) in [4.78, 5) is 12.4. The SMILES string of the molecule is CCc1ccc(/C=N\Nc2cnn(-c3ccccc3)c(=O)c2Cl)cc1. The number of benzene rings is 2. The summed E-state index contributed by atoms with van der Waals surface area (Å²) in [6.07, 6.45) is 4.14. The molecule has 6 heteroatoms. The minimum Gasteiger partial charge on any atom is -0.275 e. The smallest absolute Gasteiger partial charge is 0.275 e. The Morgan fingerprint density at radius 1 is 1.16 bits per heavy atom. The van der Waals surface area contributed by atoms with Crippen LogP contribution in [0, 0.1) is 0 Å². The van der Waals surface area contributed by atoms with E-state index in [1.807, 2.05) is 30.3 Å². The number of aryl methyl sites for hydroxylation is 1. The molecule has 0 saturated heterocycles. The molecule has 5 nitrogen and oxygen atoms in total. The highest BCUT2D eigenvalue weighted by Gasteiger charge is 2.09. The summed E-state index contributed by atoms with van der Waals surface area (Å²) in [6, 6.07) is 17.2. The van der Waals surface area contributed by atoms with Crippen molar-refractivity contribution in [1.29, 1.82) is 0 Å². The van der Waals surface area contributed by atoms with Gasteiger partial charge in [-0.2, -0.15) is 14.9 Å². The van der Waals surface area contributed by atoms with Crippen molar-refractivity contribution in [1.82, 2.24) is 9.78 Å². The van der Waals surface area contributed by atoms with Crippen molar-refractivity contribution in [3.8, 4) is 5.69 Å². The van der Waals surface area contributed by atoms with Crippen LogP contribution in [0.4, 0.5) is 5.69 Å². The Hall–Kier alpha value is -2.92. The second-order valence-electron chi connectivity index (χ2n) is 5.39. The second-order valence-corrected chi connectivity index (χ2v) is 5.77. The average molecular weight is 353 g/mol. The number of anilines is 1. The van der Waals surface area contributed by atoms with E-state index in [-0.39, 0.29) is 5.02 Å². The topological polar surface area (TPSA) is 59.3 Å². The van der Waals surface area contributed by atoms with Gasteiger partial charge in [0.05, 0.1) is 18.1 Å². The normalized spacial score (nSPS) is 11.0. The molecule has 0 aliphatic rings. The molecule has 0 aliphatic heterocycles. The zero-order valence-corrected chi connectivity index (χ0v) is 14.4. The number of halogens is 1. The minimum absolute atomic E-state index is 0.0392. The molecule has 0 atom stereocenters. The molecule has 3 rings (SSSR count). The number of hydrogen-bond acceptors (Lipinski definition) is 4. The maximum Gasteiger partial charge on any atom is 0.292 e. The van der Waals surface area contributed by atoms with Crippen molar-refractivity contribution in [2.75, 3.05) is 5.43 Å². The Balaban J connectivity index is 1.78. The van der Waals surface area contributed by atoms with E-state index in [4.69, 9.17) is 11.6 Å². The minimum atomic E-state index is -0.402. The highest BCUT2D eigenvalue weighted by Crippen LogP contribution is 2.16. The van der Waals surface area contributed by atoms with E-state index >= 15 is 0 Å². The molecule has 0 amide bonds. The van der Waals surface area contributed by atoms with Gasteiger partial charge in [-0.25, -0.2) is 0 Å². The molecular weight excluding hydrogens is 336 g/mol. The van der Waals surface area contributed by atoms with Crippen LogP contribution >= 0.6 is 11.6 Å². The number of hydrogen-bond donors (Lipinski definition) is 1. The van der Waals surface area contributed by atoms with E-state index in [1.165, 1.54) is 16.4 Å². The summed E-state index contributed by atoms with van der Waals surface area (Å²) in [5.74, 6) is 0. The predicted octanol–water partition coefficient (Wildman–Crippen LogP) is 3.89. The predicted molar refractivity (Wildman–Crippen MR) is 102 cm³/mol. The molecule has 0 aliphatic carbocycles. The molecule has 1 N–H and O–H groups in total. The van der Waals surface area contributed by atoms with Gasteiger partial charge < -0.3 is 0 Å². The molecule has 0 saturated carbocycles. The molecule has 1 heterocycles. The maximum absolute atomic E-state index is 12.4. The Morgan fingerprint density at radius 2 is 1.88 bits per heavy atom. The first-order valence-corrected chi connectivity index (χ1v) is 8.28. The van der Waals surface area contributed by atoms with Crippen LogP contribution in [0.15, 0.2) is 70.7 Å². The number of hydrazone groups is 1. The van der Waals surface area contributed by atoms with Gasteiger partial charge in [-0.1, -0.05) is 61.0 Å². The van der Waals surface area contributed by atoms with Gasteiger partial charge in [-0.05, 0) is 29.7 Å². The first-order chi connectivity index (χ1) is 12.2. The van der Waals surface area contributed by atoms with Crippen LogP contribution in [0.2, 0.25) is 5.02 Å². The Labute approximate surface area is 150 Å². The van der Waals surface area contributed by atoms with E-state index in [0.29, 0.717) is 11.4 Å². The van der Waals surface area contributed by atoms with Crippen LogP contribution < -0.4 is 11.0 Å². The first-order valence-electron chi connectivity index (χ1n) is 7.90. The van der Waals surface area contributed by atoms with E-state index in [2.05, 4.69) is 34.7 Å². The summed E-state index contributed by atoms with van der Waals surface area (Å²) in [7, 11) is 0. The second kappa shape index (κ2) is 7.77. The molecule has 126 valence electrons. The Morgan fingerprint density at radius 3 is 2.56 bits per heavy atom. The van der Waals surface area contributed by atoms with Gasteiger partial charge in [0.1, 0.15) is 10.7 Å². The Kier molecular flexibility index (Phi) is 5.26. The fraction of sp³-hybridized carbons (Fsp3) is 0.105. The molecule has 25 heavy (non-hydrogen) atoms. The van der Waals surface area contributed by atoms with Crippen molar-refractivity contribution < 1.29 is 0 Å². The van der Waals surface area contributed by atoms with Crippen LogP contribution in [-0.4, -0.2) is 16.0 Å². The molecule has 2 aromatic carbocycles.